The van der Waals surface area contributed by atoms with Crippen molar-refractivity contribution in [3.63, 3.8) is 0 Å². The summed E-state index contributed by atoms with van der Waals surface area (Å²) in [4.78, 5) is 23.1. The van der Waals surface area contributed by atoms with Crippen LogP contribution in [0.3, 0.4) is 0 Å². The zero-order valence-corrected chi connectivity index (χ0v) is 41.2. The van der Waals surface area contributed by atoms with E-state index in [-0.39, 0.29) is 19.1 Å². The number of rotatable bonds is 48. The van der Waals surface area contributed by atoms with Crippen molar-refractivity contribution < 1.29 is 32.9 Å². The molecule has 1 amide bonds. The molecule has 9 heteroatoms. The van der Waals surface area contributed by atoms with Gasteiger partial charge in [0.1, 0.15) is 13.2 Å². The second-order valence-corrected chi connectivity index (χ2v) is 20.7. The minimum atomic E-state index is -4.30. The number of hydrogen-bond acceptors (Lipinski definition) is 5. The molecule has 0 radical (unpaired) electrons. The summed E-state index contributed by atoms with van der Waals surface area (Å²) < 4.78 is 23.6. The zero-order chi connectivity index (χ0) is 43.6. The summed E-state index contributed by atoms with van der Waals surface area (Å²) >= 11 is 0. The van der Waals surface area contributed by atoms with E-state index in [0.29, 0.717) is 23.9 Å². The average Bonchev–Trinajstić information content (AvgIpc) is 3.19. The molecule has 0 aliphatic carbocycles. The molecule has 0 saturated carbocycles. The Labute approximate surface area is 368 Å². The SMILES string of the molecule is CCCCCCCCCCCCCCCCCCCCCCCCCCCCCCC(=O)NC(COP(=O)(O)OCC[N+](C)(C)C)C(O)CCCCCCCCCCC. The summed E-state index contributed by atoms with van der Waals surface area (Å²) in [6, 6.07) is -0.752. The average molecular weight is 860 g/mol. The van der Waals surface area contributed by atoms with E-state index >= 15 is 0 Å². The van der Waals surface area contributed by atoms with Gasteiger partial charge in [-0.3, -0.25) is 13.8 Å². The van der Waals surface area contributed by atoms with Gasteiger partial charge in [-0.25, -0.2) is 4.57 Å². The van der Waals surface area contributed by atoms with E-state index in [1.165, 1.54) is 199 Å². The summed E-state index contributed by atoms with van der Waals surface area (Å²) in [6.07, 6.45) is 48.8. The van der Waals surface area contributed by atoms with Crippen LogP contribution in [-0.2, 0) is 18.4 Å². The summed E-state index contributed by atoms with van der Waals surface area (Å²) in [7, 11) is 1.63. The Morgan fingerprint density at radius 3 is 1.14 bits per heavy atom. The summed E-state index contributed by atoms with van der Waals surface area (Å²) in [6.45, 7) is 4.90. The Morgan fingerprint density at radius 2 is 0.814 bits per heavy atom. The molecule has 0 aromatic rings. The fourth-order valence-corrected chi connectivity index (χ4v) is 8.73. The van der Waals surface area contributed by atoms with Gasteiger partial charge in [-0.05, 0) is 12.8 Å². The molecule has 0 fully saturated rings. The van der Waals surface area contributed by atoms with Gasteiger partial charge in [0.25, 0.3) is 0 Å². The van der Waals surface area contributed by atoms with Crippen LogP contribution >= 0.6 is 7.82 Å². The molecule has 0 aromatic heterocycles. The number of likely N-dealkylation sites (N-methyl/N-ethyl adjacent to an activating group) is 1. The lowest BCUT2D eigenvalue weighted by molar-refractivity contribution is -0.870. The van der Waals surface area contributed by atoms with Crippen LogP contribution in [0, 0.1) is 0 Å². The number of nitrogens with one attached hydrogen (secondary N) is 1. The Morgan fingerprint density at radius 1 is 0.508 bits per heavy atom. The molecule has 59 heavy (non-hydrogen) atoms. The predicted molar refractivity (Wildman–Crippen MR) is 254 cm³/mol. The molecule has 354 valence electrons. The van der Waals surface area contributed by atoms with Crippen LogP contribution in [0.1, 0.15) is 264 Å². The number of unbranched alkanes of at least 4 members (excludes halogenated alkanes) is 35. The van der Waals surface area contributed by atoms with Crippen molar-refractivity contribution in [1.82, 2.24) is 5.32 Å². The first-order valence-corrected chi connectivity index (χ1v) is 27.4. The number of aliphatic hydroxyl groups is 1. The van der Waals surface area contributed by atoms with Crippen LogP contribution in [-0.4, -0.2) is 73.4 Å². The summed E-state index contributed by atoms with van der Waals surface area (Å²) in [5, 5.41) is 13.9. The standard InChI is InChI=1S/C50H103N2O6P/c1-6-8-10-12-14-16-17-18-19-20-21-22-23-24-25-26-27-28-29-30-31-32-33-34-36-38-40-42-44-50(54)51-48(47-58-59(55,56)57-46-45-52(3,4)5)49(53)43-41-39-37-35-15-13-11-9-7-2/h48-49,53H,6-47H2,1-5H3,(H-,51,54,55,56)/p+1. The quantitative estimate of drug-likeness (QED) is 0.0320. The Bertz CT molecular complexity index is 932. The maximum absolute atomic E-state index is 12.9. The summed E-state index contributed by atoms with van der Waals surface area (Å²) in [5.74, 6) is -0.140. The van der Waals surface area contributed by atoms with E-state index in [1.54, 1.807) is 0 Å². The van der Waals surface area contributed by atoms with Gasteiger partial charge in [-0.2, -0.15) is 0 Å². The van der Waals surface area contributed by atoms with Crippen molar-refractivity contribution in [2.75, 3.05) is 40.9 Å². The van der Waals surface area contributed by atoms with Crippen molar-refractivity contribution in [1.29, 1.82) is 0 Å². The highest BCUT2D eigenvalue weighted by Gasteiger charge is 2.28. The molecule has 0 spiro atoms. The second kappa shape index (κ2) is 42.8. The molecule has 8 nitrogen and oxygen atoms in total. The van der Waals surface area contributed by atoms with Crippen molar-refractivity contribution in [3.8, 4) is 0 Å². The number of phosphoric ester groups is 1. The molecule has 0 rings (SSSR count). The number of carbonyl (C=O) groups is 1. The number of nitrogens with zero attached hydrogens (tertiary/aromatic N) is 1. The Kier molecular flexibility index (Phi) is 42.4. The smallest absolute Gasteiger partial charge is 0.391 e. The van der Waals surface area contributed by atoms with Gasteiger partial charge in [0.05, 0.1) is 39.9 Å². The maximum Gasteiger partial charge on any atom is 0.472 e. The molecule has 3 unspecified atom stereocenters. The lowest BCUT2D eigenvalue weighted by atomic mass is 10.0. The molecule has 0 saturated heterocycles. The molecular weight excluding hydrogens is 756 g/mol. The Balaban J connectivity index is 3.95. The topological polar surface area (TPSA) is 105 Å². The molecule has 3 atom stereocenters. The van der Waals surface area contributed by atoms with Crippen molar-refractivity contribution in [2.24, 2.45) is 0 Å². The Hall–Kier alpha value is -0.500. The number of amides is 1. The third-order valence-corrected chi connectivity index (χ3v) is 13.1. The number of hydrogen-bond donors (Lipinski definition) is 3. The lowest BCUT2D eigenvalue weighted by Gasteiger charge is -2.26. The van der Waals surface area contributed by atoms with E-state index in [1.807, 2.05) is 21.1 Å². The van der Waals surface area contributed by atoms with E-state index in [0.717, 1.165) is 38.5 Å². The predicted octanol–water partition coefficient (Wildman–Crippen LogP) is 14.9. The fraction of sp³-hybridized carbons (Fsp3) is 0.980. The molecule has 0 bridgehead atoms. The normalized spacial score (nSPS) is 14.1. The number of carbonyl (C=O) groups excluding carboxylic acids is 1. The molecule has 0 aliphatic rings. The first-order chi connectivity index (χ1) is 28.5. The van der Waals surface area contributed by atoms with Gasteiger partial charge in [-0.1, -0.05) is 245 Å². The molecular formula is C50H104N2O6P+. The van der Waals surface area contributed by atoms with Crippen molar-refractivity contribution in [3.05, 3.63) is 0 Å². The third-order valence-electron chi connectivity index (χ3n) is 12.1. The first-order valence-electron chi connectivity index (χ1n) is 25.9. The first kappa shape index (κ1) is 58.5. The molecule has 3 N–H and O–H groups in total. The molecule has 0 aromatic carbocycles. The van der Waals surface area contributed by atoms with E-state index < -0.39 is 20.0 Å². The minimum absolute atomic E-state index is 0.0783. The zero-order valence-electron chi connectivity index (χ0n) is 40.3. The third kappa shape index (κ3) is 45.3. The maximum atomic E-state index is 12.9. The van der Waals surface area contributed by atoms with Crippen LogP contribution in [0.4, 0.5) is 0 Å². The molecule has 0 aliphatic heterocycles. The lowest BCUT2D eigenvalue weighted by Crippen LogP contribution is -2.46. The fourth-order valence-electron chi connectivity index (χ4n) is 7.99. The van der Waals surface area contributed by atoms with Gasteiger partial charge >= 0.3 is 7.82 Å². The van der Waals surface area contributed by atoms with Crippen LogP contribution in [0.2, 0.25) is 0 Å². The van der Waals surface area contributed by atoms with Gasteiger partial charge in [-0.15, -0.1) is 0 Å². The number of phosphoric acid groups is 1. The van der Waals surface area contributed by atoms with E-state index in [4.69, 9.17) is 9.05 Å². The van der Waals surface area contributed by atoms with Gasteiger partial charge in [0.15, 0.2) is 0 Å². The van der Waals surface area contributed by atoms with Crippen LogP contribution < -0.4 is 5.32 Å². The molecule has 0 heterocycles. The second-order valence-electron chi connectivity index (χ2n) is 19.3. The van der Waals surface area contributed by atoms with Gasteiger partial charge < -0.3 is 19.8 Å². The van der Waals surface area contributed by atoms with Crippen LogP contribution in [0.25, 0.3) is 0 Å². The largest absolute Gasteiger partial charge is 0.472 e. The monoisotopic (exact) mass is 860 g/mol. The summed E-state index contributed by atoms with van der Waals surface area (Å²) in [5.41, 5.74) is 0. The van der Waals surface area contributed by atoms with E-state index in [2.05, 4.69) is 19.2 Å². The van der Waals surface area contributed by atoms with Gasteiger partial charge in [0.2, 0.25) is 5.91 Å². The highest BCUT2D eigenvalue weighted by atomic mass is 31.2. The minimum Gasteiger partial charge on any atom is -0.391 e. The highest BCUT2D eigenvalue weighted by molar-refractivity contribution is 7.47. The van der Waals surface area contributed by atoms with Crippen LogP contribution in [0.15, 0.2) is 0 Å². The van der Waals surface area contributed by atoms with E-state index in [9.17, 15) is 19.4 Å². The highest BCUT2D eigenvalue weighted by Crippen LogP contribution is 2.43. The van der Waals surface area contributed by atoms with Crippen molar-refractivity contribution >= 4 is 13.7 Å². The van der Waals surface area contributed by atoms with Crippen LogP contribution in [0.5, 0.6) is 0 Å². The van der Waals surface area contributed by atoms with Crippen molar-refractivity contribution in [2.45, 2.75) is 276 Å². The van der Waals surface area contributed by atoms with Gasteiger partial charge in [0, 0.05) is 6.42 Å². The number of aliphatic hydroxyl groups excluding tert-OH is 1. The number of quaternary nitrogens is 1.